The SMILES string of the molecule is NC(=O)c1ccc(N=Cc2ccc(C=Nc3ccc(C(N)=O)cc3)cc2)cc1. The van der Waals surface area contributed by atoms with Crippen LogP contribution in [0.3, 0.4) is 0 Å². The van der Waals surface area contributed by atoms with Crippen LogP contribution in [0.2, 0.25) is 0 Å². The van der Waals surface area contributed by atoms with E-state index in [0.29, 0.717) is 11.1 Å². The molecule has 0 aromatic heterocycles. The van der Waals surface area contributed by atoms with Crippen LogP contribution in [0.5, 0.6) is 0 Å². The Balaban J connectivity index is 1.64. The monoisotopic (exact) mass is 370 g/mol. The summed E-state index contributed by atoms with van der Waals surface area (Å²) in [6.45, 7) is 0. The zero-order valence-electron chi connectivity index (χ0n) is 14.9. The van der Waals surface area contributed by atoms with E-state index in [-0.39, 0.29) is 0 Å². The predicted octanol–water partition coefficient (Wildman–Crippen LogP) is 3.39. The van der Waals surface area contributed by atoms with Crippen LogP contribution in [0, 0.1) is 0 Å². The molecular formula is C22H18N4O2. The van der Waals surface area contributed by atoms with E-state index in [1.807, 2.05) is 24.3 Å². The van der Waals surface area contributed by atoms with Gasteiger partial charge >= 0.3 is 0 Å². The zero-order valence-corrected chi connectivity index (χ0v) is 14.9. The second kappa shape index (κ2) is 8.55. The first kappa shape index (κ1) is 18.7. The molecule has 0 aliphatic carbocycles. The van der Waals surface area contributed by atoms with Crippen LogP contribution in [-0.4, -0.2) is 24.2 Å². The lowest BCUT2D eigenvalue weighted by Gasteiger charge is -1.99. The highest BCUT2D eigenvalue weighted by atomic mass is 16.1. The van der Waals surface area contributed by atoms with Gasteiger partial charge < -0.3 is 11.5 Å². The van der Waals surface area contributed by atoms with Gasteiger partial charge in [-0.15, -0.1) is 0 Å². The maximum atomic E-state index is 11.1. The summed E-state index contributed by atoms with van der Waals surface area (Å²) in [5, 5.41) is 0. The van der Waals surface area contributed by atoms with Crippen molar-refractivity contribution in [3.63, 3.8) is 0 Å². The van der Waals surface area contributed by atoms with Gasteiger partial charge in [-0.3, -0.25) is 19.6 Å². The number of aliphatic imine (C=N–C) groups is 2. The van der Waals surface area contributed by atoms with Crippen molar-refractivity contribution >= 4 is 35.6 Å². The van der Waals surface area contributed by atoms with Crippen molar-refractivity contribution in [1.82, 2.24) is 0 Å². The fourth-order valence-corrected chi connectivity index (χ4v) is 2.39. The Morgan fingerprint density at radius 1 is 0.571 bits per heavy atom. The molecule has 0 unspecified atom stereocenters. The molecule has 0 spiro atoms. The first-order chi connectivity index (χ1) is 13.5. The summed E-state index contributed by atoms with van der Waals surface area (Å²) in [5.74, 6) is -0.923. The lowest BCUT2D eigenvalue weighted by atomic mass is 10.1. The molecule has 0 saturated heterocycles. The number of hydrogen-bond donors (Lipinski definition) is 2. The minimum Gasteiger partial charge on any atom is -0.366 e. The Morgan fingerprint density at radius 2 is 0.893 bits per heavy atom. The molecule has 0 aliphatic heterocycles. The molecule has 4 N–H and O–H groups in total. The lowest BCUT2D eigenvalue weighted by Crippen LogP contribution is -2.10. The molecule has 6 heteroatoms. The van der Waals surface area contributed by atoms with E-state index in [9.17, 15) is 9.59 Å². The van der Waals surface area contributed by atoms with Gasteiger partial charge in [-0.05, 0) is 59.7 Å². The van der Waals surface area contributed by atoms with Gasteiger partial charge in [0.15, 0.2) is 0 Å². The van der Waals surface area contributed by atoms with Gasteiger partial charge in [0.2, 0.25) is 11.8 Å². The molecule has 2 amide bonds. The third-order valence-electron chi connectivity index (χ3n) is 3.97. The quantitative estimate of drug-likeness (QED) is 0.648. The Morgan fingerprint density at radius 3 is 1.18 bits per heavy atom. The maximum Gasteiger partial charge on any atom is 0.248 e. The third-order valence-corrected chi connectivity index (χ3v) is 3.97. The summed E-state index contributed by atoms with van der Waals surface area (Å²) in [7, 11) is 0. The number of carbonyl (C=O) groups excluding carboxylic acids is 2. The summed E-state index contributed by atoms with van der Waals surface area (Å²) in [5.41, 5.74) is 14.7. The van der Waals surface area contributed by atoms with Crippen molar-refractivity contribution in [2.24, 2.45) is 21.5 Å². The molecule has 3 aromatic rings. The van der Waals surface area contributed by atoms with Crippen LogP contribution in [0.15, 0.2) is 82.8 Å². The Labute approximate surface area is 162 Å². The standard InChI is InChI=1S/C22H18N4O2/c23-21(27)17-5-9-19(10-6-17)25-13-15-1-2-16(4-3-15)14-26-20-11-7-18(8-12-20)22(24)28/h1-14H,(H2,23,27)(H2,24,28). The van der Waals surface area contributed by atoms with Gasteiger partial charge in [0.1, 0.15) is 0 Å². The first-order valence-corrected chi connectivity index (χ1v) is 8.49. The van der Waals surface area contributed by atoms with Gasteiger partial charge in [-0.25, -0.2) is 0 Å². The van der Waals surface area contributed by atoms with Crippen molar-refractivity contribution in [3.05, 3.63) is 95.1 Å². The highest BCUT2D eigenvalue weighted by molar-refractivity contribution is 5.94. The van der Waals surface area contributed by atoms with Gasteiger partial charge in [0.25, 0.3) is 0 Å². The number of nitrogens with zero attached hydrogens (tertiary/aromatic N) is 2. The molecule has 138 valence electrons. The minimum absolute atomic E-state index is 0.451. The second-order valence-electron chi connectivity index (χ2n) is 6.01. The van der Waals surface area contributed by atoms with Crippen molar-refractivity contribution < 1.29 is 9.59 Å². The molecular weight excluding hydrogens is 352 g/mol. The van der Waals surface area contributed by atoms with Crippen molar-refractivity contribution in [2.75, 3.05) is 0 Å². The van der Waals surface area contributed by atoms with Crippen molar-refractivity contribution in [3.8, 4) is 0 Å². The van der Waals surface area contributed by atoms with E-state index in [4.69, 9.17) is 11.5 Å². The fourth-order valence-electron chi connectivity index (χ4n) is 2.39. The van der Waals surface area contributed by atoms with Gasteiger partial charge in [-0.2, -0.15) is 0 Å². The fraction of sp³-hybridized carbons (Fsp3) is 0. The number of rotatable bonds is 6. The van der Waals surface area contributed by atoms with Crippen LogP contribution in [0.25, 0.3) is 0 Å². The Bertz CT molecular complexity index is 949. The van der Waals surface area contributed by atoms with Crippen molar-refractivity contribution in [2.45, 2.75) is 0 Å². The first-order valence-electron chi connectivity index (χ1n) is 8.49. The minimum atomic E-state index is -0.461. The molecule has 0 fully saturated rings. The Hall–Kier alpha value is -4.06. The van der Waals surface area contributed by atoms with E-state index in [2.05, 4.69) is 9.98 Å². The number of carbonyl (C=O) groups is 2. The predicted molar refractivity (Wildman–Crippen MR) is 111 cm³/mol. The largest absolute Gasteiger partial charge is 0.366 e. The summed E-state index contributed by atoms with van der Waals surface area (Å²) >= 11 is 0. The van der Waals surface area contributed by atoms with Gasteiger partial charge in [0.05, 0.1) is 11.4 Å². The summed E-state index contributed by atoms with van der Waals surface area (Å²) < 4.78 is 0. The topological polar surface area (TPSA) is 111 Å². The van der Waals surface area contributed by atoms with Crippen LogP contribution >= 0.6 is 0 Å². The van der Waals surface area contributed by atoms with Gasteiger partial charge in [0, 0.05) is 23.6 Å². The molecule has 0 aliphatic rings. The lowest BCUT2D eigenvalue weighted by molar-refractivity contribution is 0.0992. The highest BCUT2D eigenvalue weighted by Gasteiger charge is 1.99. The Kier molecular flexibility index (Phi) is 5.72. The smallest absolute Gasteiger partial charge is 0.248 e. The number of nitrogens with two attached hydrogens (primary N) is 2. The summed E-state index contributed by atoms with van der Waals surface area (Å²) in [4.78, 5) is 30.9. The molecule has 0 heterocycles. The number of amides is 2. The molecule has 3 rings (SSSR count). The molecule has 3 aromatic carbocycles. The average molecular weight is 370 g/mol. The van der Waals surface area contributed by atoms with E-state index < -0.39 is 11.8 Å². The van der Waals surface area contributed by atoms with Crippen LogP contribution < -0.4 is 11.5 Å². The number of benzene rings is 3. The van der Waals surface area contributed by atoms with E-state index in [0.717, 1.165) is 22.5 Å². The molecule has 0 bridgehead atoms. The normalized spacial score (nSPS) is 11.1. The highest BCUT2D eigenvalue weighted by Crippen LogP contribution is 2.14. The molecule has 28 heavy (non-hydrogen) atoms. The van der Waals surface area contributed by atoms with Crippen molar-refractivity contribution in [1.29, 1.82) is 0 Å². The number of hydrogen-bond acceptors (Lipinski definition) is 4. The maximum absolute atomic E-state index is 11.1. The van der Waals surface area contributed by atoms with Crippen LogP contribution in [0.4, 0.5) is 11.4 Å². The number of primary amides is 2. The van der Waals surface area contributed by atoms with Crippen LogP contribution in [-0.2, 0) is 0 Å². The van der Waals surface area contributed by atoms with E-state index in [1.54, 1.807) is 61.0 Å². The third kappa shape index (κ3) is 4.98. The average Bonchev–Trinajstić information content (AvgIpc) is 2.72. The molecule has 0 atom stereocenters. The zero-order chi connectivity index (χ0) is 19.9. The summed E-state index contributed by atoms with van der Waals surface area (Å²) in [6, 6.07) is 21.2. The summed E-state index contributed by atoms with van der Waals surface area (Å²) in [6.07, 6.45) is 3.48. The van der Waals surface area contributed by atoms with E-state index in [1.165, 1.54) is 0 Å². The molecule has 0 saturated carbocycles. The second-order valence-corrected chi connectivity index (χ2v) is 6.01. The van der Waals surface area contributed by atoms with Crippen LogP contribution in [0.1, 0.15) is 31.8 Å². The molecule has 0 radical (unpaired) electrons. The molecule has 6 nitrogen and oxygen atoms in total. The van der Waals surface area contributed by atoms with E-state index >= 15 is 0 Å². The van der Waals surface area contributed by atoms with Gasteiger partial charge in [-0.1, -0.05) is 24.3 Å².